The summed E-state index contributed by atoms with van der Waals surface area (Å²) in [5.41, 5.74) is 2.21. The maximum atomic E-state index is 9.47. The van der Waals surface area contributed by atoms with Gasteiger partial charge in [-0.2, -0.15) is 21.0 Å². The molecule has 0 unspecified atom stereocenters. The van der Waals surface area contributed by atoms with Crippen molar-refractivity contribution in [2.45, 2.75) is 52.4 Å². The standard InChI is InChI=1S/C18H18N4/c1-3-5-7-13-14(8-6-4-2)16(10-20)18(12-22)17(11-21)15(13)9-19/h3-8H2,1-2H3. The molecule has 0 radical (unpaired) electrons. The summed E-state index contributed by atoms with van der Waals surface area (Å²) >= 11 is 0. The normalized spacial score (nSPS) is 9.36. The molecule has 1 aromatic carbocycles. The smallest absolute Gasteiger partial charge is 0.102 e. The summed E-state index contributed by atoms with van der Waals surface area (Å²) in [6.07, 6.45) is 5.01. The third kappa shape index (κ3) is 3.25. The van der Waals surface area contributed by atoms with Gasteiger partial charge in [-0.15, -0.1) is 0 Å². The first-order chi connectivity index (χ1) is 10.7. The highest BCUT2D eigenvalue weighted by Crippen LogP contribution is 2.29. The Morgan fingerprint density at radius 2 is 0.909 bits per heavy atom. The number of hydrogen-bond donors (Lipinski definition) is 0. The van der Waals surface area contributed by atoms with Crippen LogP contribution in [0.5, 0.6) is 0 Å². The zero-order chi connectivity index (χ0) is 16.5. The Morgan fingerprint density at radius 1 is 0.591 bits per heavy atom. The monoisotopic (exact) mass is 290 g/mol. The van der Waals surface area contributed by atoms with Crippen LogP contribution in [-0.2, 0) is 12.8 Å². The topological polar surface area (TPSA) is 95.2 Å². The number of nitrogens with zero attached hydrogens (tertiary/aromatic N) is 4. The molecule has 4 nitrogen and oxygen atoms in total. The minimum Gasteiger partial charge on any atom is -0.192 e. The Labute approximate surface area is 131 Å². The average Bonchev–Trinajstić information content (AvgIpc) is 2.56. The van der Waals surface area contributed by atoms with Crippen molar-refractivity contribution >= 4 is 0 Å². The predicted molar refractivity (Wildman–Crippen MR) is 82.5 cm³/mol. The van der Waals surface area contributed by atoms with Crippen molar-refractivity contribution in [1.82, 2.24) is 0 Å². The highest BCUT2D eigenvalue weighted by atomic mass is 14.4. The fraction of sp³-hybridized carbons (Fsp3) is 0.444. The zero-order valence-electron chi connectivity index (χ0n) is 13.0. The van der Waals surface area contributed by atoms with Gasteiger partial charge in [0.2, 0.25) is 0 Å². The van der Waals surface area contributed by atoms with Crippen LogP contribution in [0.3, 0.4) is 0 Å². The van der Waals surface area contributed by atoms with Crippen LogP contribution in [0.25, 0.3) is 0 Å². The Kier molecular flexibility index (Phi) is 6.63. The summed E-state index contributed by atoms with van der Waals surface area (Å²) in [7, 11) is 0. The minimum atomic E-state index is 0.0490. The largest absolute Gasteiger partial charge is 0.192 e. The van der Waals surface area contributed by atoms with Gasteiger partial charge in [0.1, 0.15) is 24.3 Å². The van der Waals surface area contributed by atoms with E-state index in [-0.39, 0.29) is 22.3 Å². The highest BCUT2D eigenvalue weighted by molar-refractivity contribution is 5.67. The fourth-order valence-corrected chi connectivity index (χ4v) is 2.58. The fourth-order valence-electron chi connectivity index (χ4n) is 2.58. The molecule has 0 aliphatic carbocycles. The van der Waals surface area contributed by atoms with Gasteiger partial charge in [0.15, 0.2) is 0 Å². The van der Waals surface area contributed by atoms with Gasteiger partial charge in [0.25, 0.3) is 0 Å². The van der Waals surface area contributed by atoms with Gasteiger partial charge >= 0.3 is 0 Å². The van der Waals surface area contributed by atoms with E-state index in [2.05, 4.69) is 26.0 Å². The van der Waals surface area contributed by atoms with Crippen LogP contribution in [0, 0.1) is 45.3 Å². The molecule has 0 aliphatic rings. The molecule has 0 aliphatic heterocycles. The van der Waals surface area contributed by atoms with Crippen molar-refractivity contribution in [3.05, 3.63) is 33.4 Å². The molecule has 0 heterocycles. The molecule has 0 N–H and O–H groups in total. The molecular weight excluding hydrogens is 272 g/mol. The molecule has 0 aromatic heterocycles. The Balaban J connectivity index is 3.78. The molecule has 0 atom stereocenters. The zero-order valence-corrected chi connectivity index (χ0v) is 13.0. The van der Waals surface area contributed by atoms with Crippen LogP contribution >= 0.6 is 0 Å². The van der Waals surface area contributed by atoms with Gasteiger partial charge in [-0.25, -0.2) is 0 Å². The van der Waals surface area contributed by atoms with E-state index in [9.17, 15) is 21.0 Å². The number of benzene rings is 1. The van der Waals surface area contributed by atoms with E-state index in [4.69, 9.17) is 0 Å². The first-order valence-electron chi connectivity index (χ1n) is 7.52. The van der Waals surface area contributed by atoms with Crippen molar-refractivity contribution in [3.8, 4) is 24.3 Å². The van der Waals surface area contributed by atoms with Crippen LogP contribution < -0.4 is 0 Å². The van der Waals surface area contributed by atoms with Crippen LogP contribution in [-0.4, -0.2) is 0 Å². The average molecular weight is 290 g/mol. The molecule has 110 valence electrons. The van der Waals surface area contributed by atoms with Gasteiger partial charge in [-0.1, -0.05) is 26.7 Å². The van der Waals surface area contributed by atoms with Gasteiger partial charge < -0.3 is 0 Å². The van der Waals surface area contributed by atoms with Crippen LogP contribution in [0.15, 0.2) is 0 Å². The van der Waals surface area contributed by atoms with E-state index in [0.717, 1.165) is 36.8 Å². The lowest BCUT2D eigenvalue weighted by molar-refractivity contribution is 0.754. The second kappa shape index (κ2) is 8.46. The maximum Gasteiger partial charge on any atom is 0.102 e. The third-order valence-corrected chi connectivity index (χ3v) is 3.73. The van der Waals surface area contributed by atoms with Crippen molar-refractivity contribution < 1.29 is 0 Å². The molecule has 1 aromatic rings. The van der Waals surface area contributed by atoms with Crippen LogP contribution in [0.2, 0.25) is 0 Å². The molecule has 22 heavy (non-hydrogen) atoms. The molecule has 0 fully saturated rings. The summed E-state index contributed by atoms with van der Waals surface area (Å²) in [5.74, 6) is 0. The minimum absolute atomic E-state index is 0.0490. The molecule has 4 heteroatoms. The summed E-state index contributed by atoms with van der Waals surface area (Å²) < 4.78 is 0. The number of nitriles is 4. The van der Waals surface area contributed by atoms with Crippen LogP contribution in [0.1, 0.15) is 72.9 Å². The van der Waals surface area contributed by atoms with E-state index in [1.165, 1.54) is 0 Å². The number of unbranched alkanes of at least 4 members (excludes halogenated alkanes) is 2. The molecule has 0 bridgehead atoms. The van der Waals surface area contributed by atoms with E-state index in [0.29, 0.717) is 12.8 Å². The third-order valence-electron chi connectivity index (χ3n) is 3.73. The Bertz CT molecular complexity index is 655. The lowest BCUT2D eigenvalue weighted by atomic mass is 9.84. The molecule has 0 saturated heterocycles. The lowest BCUT2D eigenvalue weighted by Crippen LogP contribution is -2.08. The molecule has 0 saturated carbocycles. The van der Waals surface area contributed by atoms with E-state index >= 15 is 0 Å². The second-order valence-corrected chi connectivity index (χ2v) is 5.11. The van der Waals surface area contributed by atoms with Gasteiger partial charge in [-0.3, -0.25) is 0 Å². The predicted octanol–water partition coefficient (Wildman–Crippen LogP) is 3.86. The maximum absolute atomic E-state index is 9.47. The SMILES string of the molecule is CCCCc1c(C#N)c(C#N)c(C#N)c(C#N)c1CCCC. The first kappa shape index (κ1) is 17.2. The Hall–Kier alpha value is -2.82. The molecular formula is C18H18N4. The van der Waals surface area contributed by atoms with E-state index in [1.54, 1.807) is 0 Å². The summed E-state index contributed by atoms with van der Waals surface area (Å²) in [6.45, 7) is 4.11. The van der Waals surface area contributed by atoms with Crippen molar-refractivity contribution in [3.63, 3.8) is 0 Å². The first-order valence-corrected chi connectivity index (χ1v) is 7.52. The summed E-state index contributed by atoms with van der Waals surface area (Å²) in [6, 6.07) is 8.06. The molecule has 0 spiro atoms. The molecule has 0 amide bonds. The van der Waals surface area contributed by atoms with Crippen molar-refractivity contribution in [2.24, 2.45) is 0 Å². The number of rotatable bonds is 6. The van der Waals surface area contributed by atoms with Gasteiger partial charge in [-0.05, 0) is 36.8 Å². The summed E-state index contributed by atoms with van der Waals surface area (Å²) in [5, 5.41) is 37.6. The van der Waals surface area contributed by atoms with Gasteiger partial charge in [0, 0.05) is 0 Å². The summed E-state index contributed by atoms with van der Waals surface area (Å²) in [4.78, 5) is 0. The Morgan fingerprint density at radius 3 is 1.14 bits per heavy atom. The van der Waals surface area contributed by atoms with E-state index < -0.39 is 0 Å². The van der Waals surface area contributed by atoms with Crippen LogP contribution in [0.4, 0.5) is 0 Å². The second-order valence-electron chi connectivity index (χ2n) is 5.11. The van der Waals surface area contributed by atoms with Gasteiger partial charge in [0.05, 0.1) is 22.3 Å². The highest BCUT2D eigenvalue weighted by Gasteiger charge is 2.23. The quantitative estimate of drug-likeness (QED) is 0.794. The van der Waals surface area contributed by atoms with Crippen molar-refractivity contribution in [2.75, 3.05) is 0 Å². The molecule has 1 rings (SSSR count). The van der Waals surface area contributed by atoms with Crippen molar-refractivity contribution in [1.29, 1.82) is 21.0 Å². The van der Waals surface area contributed by atoms with E-state index in [1.807, 2.05) is 12.1 Å². The lowest BCUT2D eigenvalue weighted by Gasteiger charge is -2.16. The number of hydrogen-bond acceptors (Lipinski definition) is 4.